The Morgan fingerprint density at radius 2 is 1.83 bits per heavy atom. The van der Waals surface area contributed by atoms with Crippen molar-refractivity contribution in [1.82, 2.24) is 15.3 Å². The van der Waals surface area contributed by atoms with Crippen LogP contribution in [0.3, 0.4) is 0 Å². The van der Waals surface area contributed by atoms with Gasteiger partial charge in [0.1, 0.15) is 5.82 Å². The maximum atomic E-state index is 12.5. The molecule has 0 saturated heterocycles. The number of nitrogens with one attached hydrogen (secondary N) is 2. The molecule has 156 valence electrons. The number of benzene rings is 1. The summed E-state index contributed by atoms with van der Waals surface area (Å²) in [7, 11) is 3.93. The van der Waals surface area contributed by atoms with E-state index in [0.717, 1.165) is 42.8 Å². The van der Waals surface area contributed by atoms with Gasteiger partial charge in [0, 0.05) is 44.4 Å². The lowest BCUT2D eigenvalue weighted by molar-refractivity contribution is -0.126. The molecule has 1 aromatic heterocycles. The summed E-state index contributed by atoms with van der Waals surface area (Å²) in [4.78, 5) is 23.6. The molecule has 1 saturated carbocycles. The van der Waals surface area contributed by atoms with E-state index in [1.165, 1.54) is 0 Å². The second-order valence-electron chi connectivity index (χ2n) is 7.74. The standard InChI is InChI=1S/C21H27Cl2N5O/c1-13-10-19(28(2)3)27-21(25-13)26-16-7-5-15(6-8-16)20(29)24-12-14-4-9-17(22)18(23)11-14/h4,9-11,15-16H,5-8,12H2,1-3H3,(H,24,29)(H,25,26,27). The van der Waals surface area contributed by atoms with Crippen molar-refractivity contribution >= 4 is 40.9 Å². The predicted molar refractivity (Wildman–Crippen MR) is 119 cm³/mol. The number of rotatable bonds is 6. The molecule has 0 unspecified atom stereocenters. The summed E-state index contributed by atoms with van der Waals surface area (Å²) in [5, 5.41) is 7.47. The van der Waals surface area contributed by atoms with E-state index in [4.69, 9.17) is 23.2 Å². The van der Waals surface area contributed by atoms with Crippen LogP contribution in [-0.4, -0.2) is 36.0 Å². The maximum absolute atomic E-state index is 12.5. The first-order valence-electron chi connectivity index (χ1n) is 9.83. The van der Waals surface area contributed by atoms with Crippen molar-refractivity contribution in [2.24, 2.45) is 5.92 Å². The van der Waals surface area contributed by atoms with Crippen molar-refractivity contribution < 1.29 is 4.79 Å². The van der Waals surface area contributed by atoms with Crippen molar-refractivity contribution in [3.8, 4) is 0 Å². The number of carbonyl (C=O) groups excluding carboxylic acids is 1. The molecule has 29 heavy (non-hydrogen) atoms. The molecule has 3 rings (SSSR count). The molecule has 0 atom stereocenters. The van der Waals surface area contributed by atoms with Gasteiger partial charge >= 0.3 is 0 Å². The molecule has 0 aliphatic heterocycles. The van der Waals surface area contributed by atoms with Crippen LogP contribution in [0, 0.1) is 12.8 Å². The highest BCUT2D eigenvalue weighted by Crippen LogP contribution is 2.27. The number of carbonyl (C=O) groups is 1. The van der Waals surface area contributed by atoms with Crippen LogP contribution in [0.15, 0.2) is 24.3 Å². The Kier molecular flexibility index (Phi) is 7.19. The fourth-order valence-corrected chi connectivity index (χ4v) is 3.83. The summed E-state index contributed by atoms with van der Waals surface area (Å²) < 4.78 is 0. The number of halogens is 2. The molecule has 6 nitrogen and oxygen atoms in total. The lowest BCUT2D eigenvalue weighted by Crippen LogP contribution is -2.36. The molecule has 2 N–H and O–H groups in total. The SMILES string of the molecule is Cc1cc(N(C)C)nc(NC2CCC(C(=O)NCc3ccc(Cl)c(Cl)c3)CC2)n1. The maximum Gasteiger partial charge on any atom is 0.225 e. The van der Waals surface area contributed by atoms with Crippen LogP contribution in [0.25, 0.3) is 0 Å². The minimum Gasteiger partial charge on any atom is -0.363 e. The Labute approximate surface area is 182 Å². The summed E-state index contributed by atoms with van der Waals surface area (Å²) >= 11 is 12.0. The first-order valence-corrected chi connectivity index (χ1v) is 10.6. The monoisotopic (exact) mass is 435 g/mol. The second kappa shape index (κ2) is 9.63. The molecule has 1 amide bonds. The zero-order valence-electron chi connectivity index (χ0n) is 17.0. The predicted octanol–water partition coefficient (Wildman–Crippen LogP) is 4.44. The average Bonchev–Trinajstić information content (AvgIpc) is 2.68. The van der Waals surface area contributed by atoms with Gasteiger partial charge in [0.15, 0.2) is 0 Å². The van der Waals surface area contributed by atoms with Crippen molar-refractivity contribution in [2.75, 3.05) is 24.3 Å². The average molecular weight is 436 g/mol. The van der Waals surface area contributed by atoms with Crippen LogP contribution in [0.5, 0.6) is 0 Å². The number of nitrogens with zero attached hydrogens (tertiary/aromatic N) is 3. The molecule has 2 aromatic rings. The molecule has 1 aliphatic carbocycles. The number of hydrogen-bond acceptors (Lipinski definition) is 5. The zero-order chi connectivity index (χ0) is 21.0. The third kappa shape index (κ3) is 5.97. The fourth-order valence-electron chi connectivity index (χ4n) is 3.51. The van der Waals surface area contributed by atoms with Crippen LogP contribution in [0.1, 0.15) is 36.9 Å². The van der Waals surface area contributed by atoms with E-state index in [1.54, 1.807) is 12.1 Å². The van der Waals surface area contributed by atoms with Crippen molar-refractivity contribution in [3.05, 3.63) is 45.6 Å². The molecular formula is C21H27Cl2N5O. The summed E-state index contributed by atoms with van der Waals surface area (Å²) in [6.07, 6.45) is 3.52. The van der Waals surface area contributed by atoms with Gasteiger partial charge in [-0.05, 0) is 50.3 Å². The van der Waals surface area contributed by atoms with Crippen LogP contribution < -0.4 is 15.5 Å². The van der Waals surface area contributed by atoms with Crippen LogP contribution >= 0.6 is 23.2 Å². The molecular weight excluding hydrogens is 409 g/mol. The Morgan fingerprint density at radius 1 is 1.10 bits per heavy atom. The normalized spacial score (nSPS) is 18.9. The Hall–Kier alpha value is -2.05. The van der Waals surface area contributed by atoms with Crippen LogP contribution in [-0.2, 0) is 11.3 Å². The third-order valence-corrected chi connectivity index (χ3v) is 5.92. The van der Waals surface area contributed by atoms with Gasteiger partial charge in [0.25, 0.3) is 0 Å². The Bertz CT molecular complexity index is 866. The van der Waals surface area contributed by atoms with E-state index in [9.17, 15) is 4.79 Å². The van der Waals surface area contributed by atoms with Gasteiger partial charge in [0.2, 0.25) is 11.9 Å². The summed E-state index contributed by atoms with van der Waals surface area (Å²) in [5.41, 5.74) is 1.87. The molecule has 1 heterocycles. The van der Waals surface area contributed by atoms with Crippen molar-refractivity contribution in [1.29, 1.82) is 0 Å². The van der Waals surface area contributed by atoms with Crippen LogP contribution in [0.4, 0.5) is 11.8 Å². The summed E-state index contributed by atoms with van der Waals surface area (Å²) in [5.74, 6) is 1.67. The number of aromatic nitrogens is 2. The van der Waals surface area contributed by atoms with E-state index in [1.807, 2.05) is 38.1 Å². The van der Waals surface area contributed by atoms with E-state index in [-0.39, 0.29) is 17.9 Å². The van der Waals surface area contributed by atoms with Crippen molar-refractivity contribution in [2.45, 2.75) is 45.2 Å². The highest BCUT2D eigenvalue weighted by Gasteiger charge is 2.26. The molecule has 0 bridgehead atoms. The topological polar surface area (TPSA) is 70.2 Å². The van der Waals surface area contributed by atoms with Gasteiger partial charge in [-0.25, -0.2) is 4.98 Å². The lowest BCUT2D eigenvalue weighted by Gasteiger charge is -2.28. The molecule has 1 fully saturated rings. The van der Waals surface area contributed by atoms with Crippen LogP contribution in [0.2, 0.25) is 10.0 Å². The fraction of sp³-hybridized carbons (Fsp3) is 0.476. The summed E-state index contributed by atoms with van der Waals surface area (Å²) in [6, 6.07) is 7.65. The molecule has 0 spiro atoms. The zero-order valence-corrected chi connectivity index (χ0v) is 18.5. The van der Waals surface area contributed by atoms with Gasteiger partial charge in [-0.2, -0.15) is 4.98 Å². The second-order valence-corrected chi connectivity index (χ2v) is 8.56. The Balaban J connectivity index is 1.48. The largest absolute Gasteiger partial charge is 0.363 e. The molecule has 1 aromatic carbocycles. The van der Waals surface area contributed by atoms with Gasteiger partial charge in [0.05, 0.1) is 10.0 Å². The van der Waals surface area contributed by atoms with Gasteiger partial charge in [-0.15, -0.1) is 0 Å². The Morgan fingerprint density at radius 3 is 2.48 bits per heavy atom. The highest BCUT2D eigenvalue weighted by atomic mass is 35.5. The van der Waals surface area contributed by atoms with Gasteiger partial charge < -0.3 is 15.5 Å². The number of anilines is 2. The highest BCUT2D eigenvalue weighted by molar-refractivity contribution is 6.42. The first kappa shape index (κ1) is 21.7. The quantitative estimate of drug-likeness (QED) is 0.701. The molecule has 0 radical (unpaired) electrons. The van der Waals surface area contributed by atoms with E-state index in [0.29, 0.717) is 22.5 Å². The van der Waals surface area contributed by atoms with Gasteiger partial charge in [-0.3, -0.25) is 4.79 Å². The smallest absolute Gasteiger partial charge is 0.225 e. The minimum absolute atomic E-state index is 0.0339. The van der Waals surface area contributed by atoms with E-state index < -0.39 is 0 Å². The molecule has 1 aliphatic rings. The first-order chi connectivity index (χ1) is 13.8. The van der Waals surface area contributed by atoms with E-state index in [2.05, 4.69) is 20.6 Å². The lowest BCUT2D eigenvalue weighted by atomic mass is 9.85. The van der Waals surface area contributed by atoms with E-state index >= 15 is 0 Å². The van der Waals surface area contributed by atoms with Crippen molar-refractivity contribution in [3.63, 3.8) is 0 Å². The number of amides is 1. The molecule has 8 heteroatoms. The minimum atomic E-state index is 0.0339. The number of hydrogen-bond donors (Lipinski definition) is 2. The summed E-state index contributed by atoms with van der Waals surface area (Å²) in [6.45, 7) is 2.42. The third-order valence-electron chi connectivity index (χ3n) is 5.18. The van der Waals surface area contributed by atoms with Gasteiger partial charge in [-0.1, -0.05) is 29.3 Å². The number of aryl methyl sites for hydroxylation is 1.